The van der Waals surface area contributed by atoms with Gasteiger partial charge >= 0.3 is 6.03 Å². The van der Waals surface area contributed by atoms with Gasteiger partial charge in [-0.1, -0.05) is 6.07 Å². The van der Waals surface area contributed by atoms with Crippen LogP contribution in [0.3, 0.4) is 0 Å². The standard InChI is InChI=1S/C16H23N7O2/c1-22(2)14-19-13(20-15(21-14)23(3)4)10-17-16(24)18-11-7-6-8-12(9-11)25-5/h6-9H,10H2,1-5H3,(H2,17,18,24). The summed E-state index contributed by atoms with van der Waals surface area (Å²) in [6.07, 6.45) is 0. The predicted molar refractivity (Wildman–Crippen MR) is 97.3 cm³/mol. The van der Waals surface area contributed by atoms with E-state index in [9.17, 15) is 4.79 Å². The minimum absolute atomic E-state index is 0.181. The number of ether oxygens (including phenoxy) is 1. The molecule has 9 heteroatoms. The number of hydrogen-bond acceptors (Lipinski definition) is 7. The largest absolute Gasteiger partial charge is 0.497 e. The fourth-order valence-corrected chi connectivity index (χ4v) is 1.91. The number of rotatable bonds is 6. The van der Waals surface area contributed by atoms with E-state index in [1.807, 2.05) is 28.2 Å². The summed E-state index contributed by atoms with van der Waals surface area (Å²) in [6, 6.07) is 6.76. The Labute approximate surface area is 147 Å². The van der Waals surface area contributed by atoms with Gasteiger partial charge in [0.25, 0.3) is 0 Å². The molecule has 0 spiro atoms. The van der Waals surface area contributed by atoms with Crippen LogP contribution >= 0.6 is 0 Å². The van der Waals surface area contributed by atoms with Crippen LogP contribution in [0, 0.1) is 0 Å². The Morgan fingerprint density at radius 3 is 2.28 bits per heavy atom. The van der Waals surface area contributed by atoms with Crippen LogP contribution in [-0.4, -0.2) is 56.3 Å². The van der Waals surface area contributed by atoms with Gasteiger partial charge in [0.15, 0.2) is 5.82 Å². The Hall–Kier alpha value is -3.10. The number of nitrogens with one attached hydrogen (secondary N) is 2. The molecule has 2 rings (SSSR count). The Kier molecular flexibility index (Phi) is 5.93. The normalized spacial score (nSPS) is 10.1. The zero-order chi connectivity index (χ0) is 18.4. The second-order valence-corrected chi connectivity index (χ2v) is 5.68. The summed E-state index contributed by atoms with van der Waals surface area (Å²) in [5, 5.41) is 5.48. The lowest BCUT2D eigenvalue weighted by atomic mass is 10.3. The highest BCUT2D eigenvalue weighted by molar-refractivity contribution is 5.89. The molecule has 0 aliphatic carbocycles. The van der Waals surface area contributed by atoms with E-state index in [0.717, 1.165) is 0 Å². The van der Waals surface area contributed by atoms with E-state index in [0.29, 0.717) is 29.2 Å². The van der Waals surface area contributed by atoms with Gasteiger partial charge in [-0.05, 0) is 12.1 Å². The van der Waals surface area contributed by atoms with Gasteiger partial charge in [0.2, 0.25) is 11.9 Å². The molecule has 2 amide bonds. The number of nitrogens with zero attached hydrogens (tertiary/aromatic N) is 5. The van der Waals surface area contributed by atoms with Crippen molar-refractivity contribution in [3.05, 3.63) is 30.1 Å². The highest BCUT2D eigenvalue weighted by atomic mass is 16.5. The molecular weight excluding hydrogens is 322 g/mol. The van der Waals surface area contributed by atoms with Crippen LogP contribution in [0.5, 0.6) is 5.75 Å². The molecule has 0 radical (unpaired) electrons. The number of amides is 2. The van der Waals surface area contributed by atoms with Gasteiger partial charge in [0.05, 0.1) is 13.7 Å². The summed E-state index contributed by atoms with van der Waals surface area (Å²) in [4.78, 5) is 28.6. The third-order valence-corrected chi connectivity index (χ3v) is 3.19. The number of carbonyl (C=O) groups is 1. The summed E-state index contributed by atoms with van der Waals surface area (Å²) in [5.41, 5.74) is 0.635. The Bertz CT molecular complexity index is 708. The molecular formula is C16H23N7O2. The molecule has 0 bridgehead atoms. The maximum absolute atomic E-state index is 12.1. The highest BCUT2D eigenvalue weighted by Crippen LogP contribution is 2.16. The van der Waals surface area contributed by atoms with Crippen molar-refractivity contribution < 1.29 is 9.53 Å². The molecule has 2 aromatic rings. The molecule has 25 heavy (non-hydrogen) atoms. The lowest BCUT2D eigenvalue weighted by molar-refractivity contribution is 0.251. The van der Waals surface area contributed by atoms with Crippen molar-refractivity contribution in [1.29, 1.82) is 0 Å². The number of aromatic nitrogens is 3. The van der Waals surface area contributed by atoms with Gasteiger partial charge in [0, 0.05) is 39.9 Å². The third kappa shape index (κ3) is 5.20. The van der Waals surface area contributed by atoms with E-state index in [1.54, 1.807) is 41.2 Å². The van der Waals surface area contributed by atoms with Gasteiger partial charge in [-0.25, -0.2) is 4.79 Å². The molecule has 1 aromatic heterocycles. The third-order valence-electron chi connectivity index (χ3n) is 3.19. The van der Waals surface area contributed by atoms with Crippen molar-refractivity contribution in [2.75, 3.05) is 50.4 Å². The van der Waals surface area contributed by atoms with Crippen molar-refractivity contribution in [3.63, 3.8) is 0 Å². The smallest absolute Gasteiger partial charge is 0.319 e. The van der Waals surface area contributed by atoms with Gasteiger partial charge in [0.1, 0.15) is 5.75 Å². The van der Waals surface area contributed by atoms with E-state index in [2.05, 4.69) is 25.6 Å². The molecule has 1 aromatic carbocycles. The first-order valence-electron chi connectivity index (χ1n) is 7.67. The van der Waals surface area contributed by atoms with E-state index >= 15 is 0 Å². The molecule has 0 saturated heterocycles. The maximum atomic E-state index is 12.1. The number of methoxy groups -OCH3 is 1. The number of anilines is 3. The molecule has 1 heterocycles. The summed E-state index contributed by atoms with van der Waals surface area (Å²) in [5.74, 6) is 2.21. The molecule has 9 nitrogen and oxygen atoms in total. The second-order valence-electron chi connectivity index (χ2n) is 5.68. The lowest BCUT2D eigenvalue weighted by Gasteiger charge is -2.16. The molecule has 0 aliphatic rings. The van der Waals surface area contributed by atoms with Gasteiger partial charge in [-0.2, -0.15) is 15.0 Å². The fraction of sp³-hybridized carbons (Fsp3) is 0.375. The van der Waals surface area contributed by atoms with Crippen LogP contribution in [-0.2, 0) is 6.54 Å². The first-order chi connectivity index (χ1) is 11.9. The average molecular weight is 345 g/mol. The van der Waals surface area contributed by atoms with Crippen LogP contribution in [0.1, 0.15) is 5.82 Å². The molecule has 2 N–H and O–H groups in total. The SMILES string of the molecule is COc1cccc(NC(=O)NCc2nc(N(C)C)nc(N(C)C)n2)c1. The minimum atomic E-state index is -0.355. The summed E-state index contributed by atoms with van der Waals surface area (Å²) < 4.78 is 5.13. The molecule has 0 atom stereocenters. The van der Waals surface area contributed by atoms with Crippen molar-refractivity contribution >= 4 is 23.6 Å². The Morgan fingerprint density at radius 1 is 1.08 bits per heavy atom. The molecule has 0 fully saturated rings. The van der Waals surface area contributed by atoms with Crippen molar-refractivity contribution in [2.24, 2.45) is 0 Å². The minimum Gasteiger partial charge on any atom is -0.497 e. The van der Waals surface area contributed by atoms with Crippen LogP contribution in [0.4, 0.5) is 22.4 Å². The first-order valence-corrected chi connectivity index (χ1v) is 7.67. The van der Waals surface area contributed by atoms with Gasteiger partial charge in [-0.15, -0.1) is 0 Å². The van der Waals surface area contributed by atoms with Crippen LogP contribution in [0.2, 0.25) is 0 Å². The second kappa shape index (κ2) is 8.13. The Morgan fingerprint density at radius 2 is 1.72 bits per heavy atom. The molecule has 0 aliphatic heterocycles. The first kappa shape index (κ1) is 18.2. The monoisotopic (exact) mass is 345 g/mol. The van der Waals surface area contributed by atoms with Crippen molar-refractivity contribution in [2.45, 2.75) is 6.54 Å². The van der Waals surface area contributed by atoms with Crippen LogP contribution < -0.4 is 25.2 Å². The van der Waals surface area contributed by atoms with Crippen molar-refractivity contribution in [1.82, 2.24) is 20.3 Å². The summed E-state index contributed by atoms with van der Waals surface area (Å²) in [6.45, 7) is 0.181. The van der Waals surface area contributed by atoms with E-state index < -0.39 is 0 Å². The topological polar surface area (TPSA) is 95.5 Å². The summed E-state index contributed by atoms with van der Waals surface area (Å²) >= 11 is 0. The Balaban J connectivity index is 2.03. The molecule has 0 unspecified atom stereocenters. The summed E-state index contributed by atoms with van der Waals surface area (Å²) in [7, 11) is 8.97. The van der Waals surface area contributed by atoms with Gasteiger partial charge < -0.3 is 25.2 Å². The lowest BCUT2D eigenvalue weighted by Crippen LogP contribution is -2.30. The average Bonchev–Trinajstić information content (AvgIpc) is 2.59. The van der Waals surface area contributed by atoms with Crippen molar-refractivity contribution in [3.8, 4) is 5.75 Å². The van der Waals surface area contributed by atoms with E-state index in [-0.39, 0.29) is 12.6 Å². The van der Waals surface area contributed by atoms with Gasteiger partial charge in [-0.3, -0.25) is 0 Å². The van der Waals surface area contributed by atoms with E-state index in [4.69, 9.17) is 4.74 Å². The van der Waals surface area contributed by atoms with Crippen LogP contribution in [0.15, 0.2) is 24.3 Å². The fourth-order valence-electron chi connectivity index (χ4n) is 1.91. The zero-order valence-electron chi connectivity index (χ0n) is 15.1. The highest BCUT2D eigenvalue weighted by Gasteiger charge is 2.11. The number of hydrogen-bond donors (Lipinski definition) is 2. The molecule has 134 valence electrons. The zero-order valence-corrected chi connectivity index (χ0v) is 15.1. The number of carbonyl (C=O) groups excluding carboxylic acids is 1. The van der Waals surface area contributed by atoms with E-state index in [1.165, 1.54) is 0 Å². The predicted octanol–water partition coefficient (Wildman–Crippen LogP) is 1.33. The maximum Gasteiger partial charge on any atom is 0.319 e. The van der Waals surface area contributed by atoms with Crippen LogP contribution in [0.25, 0.3) is 0 Å². The number of benzene rings is 1. The molecule has 0 saturated carbocycles. The number of urea groups is 1. The quantitative estimate of drug-likeness (QED) is 0.815.